The van der Waals surface area contributed by atoms with Crippen molar-refractivity contribution in [1.29, 1.82) is 0 Å². The summed E-state index contributed by atoms with van der Waals surface area (Å²) < 4.78 is 0. The molecule has 0 heterocycles. The average molecular weight is 496 g/mol. The van der Waals surface area contributed by atoms with Gasteiger partial charge in [0.25, 0.3) is 0 Å². The minimum absolute atomic E-state index is 0.00702. The van der Waals surface area contributed by atoms with Crippen LogP contribution in [0.3, 0.4) is 0 Å². The second-order valence-electron chi connectivity index (χ2n) is 12.7. The van der Waals surface area contributed by atoms with Gasteiger partial charge in [-0.25, -0.2) is 4.79 Å². The lowest BCUT2D eigenvalue weighted by Crippen LogP contribution is -2.58. The molecule has 3 aliphatic rings. The summed E-state index contributed by atoms with van der Waals surface area (Å²) in [4.78, 5) is 15.6. The Hall–Kier alpha value is -1.71. The highest BCUT2D eigenvalue weighted by atomic mass is 16.2. The summed E-state index contributed by atoms with van der Waals surface area (Å²) in [6.07, 6.45) is 23.2. The monoisotopic (exact) mass is 495 g/mol. The fourth-order valence-electron chi connectivity index (χ4n) is 7.95. The van der Waals surface area contributed by atoms with Crippen molar-refractivity contribution in [1.82, 2.24) is 5.32 Å². The van der Waals surface area contributed by atoms with Crippen molar-refractivity contribution >= 4 is 17.4 Å². The predicted molar refractivity (Wildman–Crippen MR) is 154 cm³/mol. The van der Waals surface area contributed by atoms with Gasteiger partial charge in [-0.1, -0.05) is 90.4 Å². The van der Waals surface area contributed by atoms with E-state index in [0.717, 1.165) is 23.2 Å². The number of hydrogen-bond acceptors (Lipinski definition) is 2. The van der Waals surface area contributed by atoms with E-state index in [-0.39, 0.29) is 17.5 Å². The molecule has 1 aromatic rings. The number of anilines is 2. The molecule has 0 aliphatic heterocycles. The van der Waals surface area contributed by atoms with Crippen molar-refractivity contribution in [3.8, 4) is 0 Å². The molecule has 2 amide bonds. The highest BCUT2D eigenvalue weighted by molar-refractivity contribution is 5.89. The molecule has 0 saturated heterocycles. The Balaban J connectivity index is 1.54. The molecule has 0 spiro atoms. The van der Waals surface area contributed by atoms with Gasteiger partial charge in [0.1, 0.15) is 0 Å². The summed E-state index contributed by atoms with van der Waals surface area (Å²) in [5.41, 5.74) is 2.23. The Bertz CT molecular complexity index is 790. The van der Waals surface area contributed by atoms with E-state index in [0.29, 0.717) is 5.92 Å². The largest absolute Gasteiger partial charge is 0.378 e. The molecule has 3 saturated carbocycles. The molecular formula is C32H53N3O. The second kappa shape index (κ2) is 13.2. The lowest BCUT2D eigenvalue weighted by atomic mass is 9.55. The molecule has 3 fully saturated rings. The highest BCUT2D eigenvalue weighted by Gasteiger charge is 2.49. The van der Waals surface area contributed by atoms with Gasteiger partial charge in [-0.15, -0.1) is 0 Å². The Kier molecular flexibility index (Phi) is 10.0. The second-order valence-corrected chi connectivity index (χ2v) is 12.7. The molecule has 4 nitrogen and oxygen atoms in total. The smallest absolute Gasteiger partial charge is 0.319 e. The van der Waals surface area contributed by atoms with E-state index in [1.54, 1.807) is 0 Å². The van der Waals surface area contributed by atoms with Gasteiger partial charge >= 0.3 is 6.03 Å². The number of nitrogens with zero attached hydrogens (tertiary/aromatic N) is 1. The molecule has 4 rings (SSSR count). The van der Waals surface area contributed by atoms with Gasteiger partial charge in [0, 0.05) is 31.5 Å². The predicted octanol–water partition coefficient (Wildman–Crippen LogP) is 8.77. The van der Waals surface area contributed by atoms with E-state index >= 15 is 0 Å². The lowest BCUT2D eigenvalue weighted by molar-refractivity contribution is 0.000991. The average Bonchev–Trinajstić information content (AvgIpc) is 2.80. The lowest BCUT2D eigenvalue weighted by Gasteiger charge is -2.53. The molecule has 1 aromatic carbocycles. The summed E-state index contributed by atoms with van der Waals surface area (Å²) >= 11 is 0. The topological polar surface area (TPSA) is 44.4 Å². The van der Waals surface area contributed by atoms with Crippen LogP contribution >= 0.6 is 0 Å². The van der Waals surface area contributed by atoms with Gasteiger partial charge in [-0.05, 0) is 73.1 Å². The molecule has 1 unspecified atom stereocenters. The first-order valence-electron chi connectivity index (χ1n) is 15.3. The molecule has 4 heteroatoms. The van der Waals surface area contributed by atoms with E-state index in [2.05, 4.69) is 34.6 Å². The third-order valence-electron chi connectivity index (χ3n) is 10.1. The molecule has 2 N–H and O–H groups in total. The number of urea groups is 1. The van der Waals surface area contributed by atoms with Gasteiger partial charge < -0.3 is 15.5 Å². The zero-order valence-corrected chi connectivity index (χ0v) is 23.5. The fraction of sp³-hybridized carbons (Fsp3) is 0.781. The van der Waals surface area contributed by atoms with Crippen LogP contribution in [-0.2, 0) is 0 Å². The van der Waals surface area contributed by atoms with Crippen LogP contribution in [0.4, 0.5) is 16.2 Å². The van der Waals surface area contributed by atoms with Crippen molar-refractivity contribution in [2.45, 2.75) is 122 Å². The van der Waals surface area contributed by atoms with Crippen LogP contribution < -0.4 is 15.5 Å². The SMILES string of the molecule is CN(C)c1ccc(NC(=O)N[C@H]2[C@@H](C3CCCCCCC3)CCCC2(C)C2CCCCCCC2)cc1. The van der Waals surface area contributed by atoms with Crippen molar-refractivity contribution in [2.24, 2.45) is 23.2 Å². The van der Waals surface area contributed by atoms with Crippen molar-refractivity contribution in [3.05, 3.63) is 24.3 Å². The summed E-state index contributed by atoms with van der Waals surface area (Å²) in [5.74, 6) is 2.12. The van der Waals surface area contributed by atoms with E-state index in [4.69, 9.17) is 0 Å². The van der Waals surface area contributed by atoms with Crippen LogP contribution in [0.5, 0.6) is 0 Å². The third kappa shape index (κ3) is 6.98. The van der Waals surface area contributed by atoms with Crippen LogP contribution in [-0.4, -0.2) is 26.2 Å². The summed E-state index contributed by atoms with van der Waals surface area (Å²) in [7, 11) is 4.09. The van der Waals surface area contributed by atoms with Crippen molar-refractivity contribution < 1.29 is 4.79 Å². The molecule has 0 aromatic heterocycles. The molecule has 0 bridgehead atoms. The summed E-state index contributed by atoms with van der Waals surface area (Å²) in [6, 6.07) is 8.47. The Morgan fingerprint density at radius 2 is 1.33 bits per heavy atom. The van der Waals surface area contributed by atoms with Crippen LogP contribution in [0.1, 0.15) is 116 Å². The zero-order valence-electron chi connectivity index (χ0n) is 23.5. The Morgan fingerprint density at radius 3 is 1.92 bits per heavy atom. The van der Waals surface area contributed by atoms with Gasteiger partial charge in [-0.2, -0.15) is 0 Å². The molecular weight excluding hydrogens is 442 g/mol. The summed E-state index contributed by atoms with van der Waals surface area (Å²) in [6.45, 7) is 2.56. The molecule has 3 atom stereocenters. The quantitative estimate of drug-likeness (QED) is 0.429. The number of amides is 2. The van der Waals surface area contributed by atoms with Crippen molar-refractivity contribution in [2.75, 3.05) is 24.3 Å². The number of benzene rings is 1. The Morgan fingerprint density at radius 1 is 0.778 bits per heavy atom. The molecule has 0 radical (unpaired) electrons. The maximum absolute atomic E-state index is 13.5. The number of hydrogen-bond donors (Lipinski definition) is 2. The van der Waals surface area contributed by atoms with Gasteiger partial charge in [0.2, 0.25) is 0 Å². The number of carbonyl (C=O) groups excluding carboxylic acids is 1. The van der Waals surface area contributed by atoms with E-state index < -0.39 is 0 Å². The van der Waals surface area contributed by atoms with Crippen molar-refractivity contribution in [3.63, 3.8) is 0 Å². The zero-order chi connectivity index (χ0) is 25.4. The molecule has 3 aliphatic carbocycles. The van der Waals surface area contributed by atoms with Crippen LogP contribution in [0.25, 0.3) is 0 Å². The highest BCUT2D eigenvalue weighted by Crippen LogP contribution is 2.52. The van der Waals surface area contributed by atoms with Crippen LogP contribution in [0.15, 0.2) is 24.3 Å². The van der Waals surface area contributed by atoms with E-state index in [1.807, 2.05) is 26.2 Å². The van der Waals surface area contributed by atoms with Gasteiger partial charge in [0.05, 0.1) is 0 Å². The third-order valence-corrected chi connectivity index (χ3v) is 10.1. The molecule has 202 valence electrons. The van der Waals surface area contributed by atoms with Crippen LogP contribution in [0.2, 0.25) is 0 Å². The van der Waals surface area contributed by atoms with Gasteiger partial charge in [0.15, 0.2) is 0 Å². The first kappa shape index (κ1) is 27.3. The summed E-state index contributed by atoms with van der Waals surface area (Å²) in [5, 5.41) is 6.85. The minimum Gasteiger partial charge on any atom is -0.378 e. The Labute approximate surface area is 221 Å². The first-order chi connectivity index (χ1) is 17.5. The first-order valence-corrected chi connectivity index (χ1v) is 15.3. The number of carbonyl (C=O) groups is 1. The number of nitrogens with one attached hydrogen (secondary N) is 2. The fourth-order valence-corrected chi connectivity index (χ4v) is 7.95. The van der Waals surface area contributed by atoms with E-state index in [1.165, 1.54) is 109 Å². The minimum atomic E-state index is -0.00702. The maximum Gasteiger partial charge on any atom is 0.319 e. The van der Waals surface area contributed by atoms with E-state index in [9.17, 15) is 4.79 Å². The normalized spacial score (nSPS) is 29.3. The number of rotatable bonds is 5. The maximum atomic E-state index is 13.5. The molecule has 36 heavy (non-hydrogen) atoms. The standard InChI is InChI=1S/C32H53N3O/c1-32(26-17-12-8-5-9-13-18-26)24-14-19-29(25-15-10-6-4-7-11-16-25)30(32)34-31(36)33-27-20-22-28(23-21-27)35(2)3/h20-23,25-26,29-30H,4-19,24H2,1-3H3,(H2,33,34,36)/t29-,30+,32?/m1/s1. The van der Waals surface area contributed by atoms with Gasteiger partial charge in [-0.3, -0.25) is 0 Å². The van der Waals surface area contributed by atoms with Crippen LogP contribution in [0, 0.1) is 23.2 Å².